The first-order chi connectivity index (χ1) is 4.70. The summed E-state index contributed by atoms with van der Waals surface area (Å²) in [6.45, 7) is 2.53. The van der Waals surface area contributed by atoms with E-state index in [1.54, 1.807) is 6.92 Å². The summed E-state index contributed by atoms with van der Waals surface area (Å²) in [4.78, 5) is 10.4. The van der Waals surface area contributed by atoms with Crippen molar-refractivity contribution in [2.24, 2.45) is 5.73 Å². The van der Waals surface area contributed by atoms with Gasteiger partial charge in [-0.05, 0) is 13.3 Å². The number of rotatable bonds is 3. The average Bonchev–Trinajstić information content (AvgIpc) is 2.64. The van der Waals surface area contributed by atoms with Gasteiger partial charge in [0.25, 0.3) is 0 Å². The van der Waals surface area contributed by atoms with Gasteiger partial charge in [0, 0.05) is 5.57 Å². The van der Waals surface area contributed by atoms with E-state index in [0.717, 1.165) is 13.0 Å². The molecule has 1 heterocycles. The van der Waals surface area contributed by atoms with Crippen molar-refractivity contribution >= 4 is 5.91 Å². The Bertz CT molecular complexity index is 170. The molecule has 0 bridgehead atoms. The van der Waals surface area contributed by atoms with Crippen molar-refractivity contribution in [3.05, 3.63) is 11.6 Å². The number of ether oxygens (including phenoxy) is 1. The molecule has 1 saturated heterocycles. The van der Waals surface area contributed by atoms with Crippen molar-refractivity contribution in [3.8, 4) is 0 Å². The number of hydrogen-bond donors (Lipinski definition) is 1. The van der Waals surface area contributed by atoms with Crippen LogP contribution >= 0.6 is 0 Å². The predicted molar refractivity (Wildman–Crippen MR) is 37.3 cm³/mol. The summed E-state index contributed by atoms with van der Waals surface area (Å²) >= 11 is 0. The Labute approximate surface area is 59.8 Å². The number of primary amides is 1. The highest BCUT2D eigenvalue weighted by atomic mass is 16.6. The zero-order valence-corrected chi connectivity index (χ0v) is 5.96. The van der Waals surface area contributed by atoms with Gasteiger partial charge in [0.1, 0.15) is 0 Å². The van der Waals surface area contributed by atoms with Crippen LogP contribution in [0.2, 0.25) is 0 Å². The van der Waals surface area contributed by atoms with Gasteiger partial charge < -0.3 is 10.5 Å². The molecule has 0 aromatic rings. The summed E-state index contributed by atoms with van der Waals surface area (Å²) in [6.07, 6.45) is 2.98. The summed E-state index contributed by atoms with van der Waals surface area (Å²) in [5.41, 5.74) is 5.62. The minimum absolute atomic E-state index is 0.342. The van der Waals surface area contributed by atoms with Crippen molar-refractivity contribution in [3.63, 3.8) is 0 Å². The van der Waals surface area contributed by atoms with Crippen molar-refractivity contribution in [1.82, 2.24) is 0 Å². The predicted octanol–water partition coefficient (Wildman–Crippen LogP) is 0.207. The Morgan fingerprint density at radius 2 is 2.50 bits per heavy atom. The normalized spacial score (nSPS) is 24.5. The zero-order chi connectivity index (χ0) is 7.56. The molecule has 3 heteroatoms. The Morgan fingerprint density at radius 1 is 1.90 bits per heavy atom. The lowest BCUT2D eigenvalue weighted by Gasteiger charge is -1.90. The third-order valence-electron chi connectivity index (χ3n) is 1.48. The fraction of sp³-hybridized carbons (Fsp3) is 0.571. The SMILES string of the molecule is C/C(=C\CC1CO1)C(N)=O. The first kappa shape index (κ1) is 7.28. The van der Waals surface area contributed by atoms with Gasteiger partial charge in [-0.1, -0.05) is 6.08 Å². The highest BCUT2D eigenvalue weighted by Gasteiger charge is 2.20. The fourth-order valence-corrected chi connectivity index (χ4v) is 0.613. The average molecular weight is 141 g/mol. The van der Waals surface area contributed by atoms with Crippen LogP contribution in [0.25, 0.3) is 0 Å². The minimum Gasteiger partial charge on any atom is -0.373 e. The molecule has 1 aliphatic rings. The van der Waals surface area contributed by atoms with E-state index in [0.29, 0.717) is 11.7 Å². The fourth-order valence-electron chi connectivity index (χ4n) is 0.613. The number of carbonyl (C=O) groups is 1. The van der Waals surface area contributed by atoms with Crippen LogP contribution in [0.1, 0.15) is 13.3 Å². The third-order valence-corrected chi connectivity index (χ3v) is 1.48. The molecule has 1 unspecified atom stereocenters. The van der Waals surface area contributed by atoms with Gasteiger partial charge in [-0.3, -0.25) is 4.79 Å². The molecule has 0 aliphatic carbocycles. The summed E-state index contributed by atoms with van der Waals surface area (Å²) < 4.78 is 4.94. The molecule has 56 valence electrons. The van der Waals surface area contributed by atoms with Crippen LogP contribution in [0.5, 0.6) is 0 Å². The summed E-state index contributed by atoms with van der Waals surface area (Å²) in [7, 11) is 0. The molecule has 1 fully saturated rings. The molecule has 0 aromatic heterocycles. The van der Waals surface area contributed by atoms with E-state index in [4.69, 9.17) is 10.5 Å². The summed E-state index contributed by atoms with van der Waals surface area (Å²) in [5.74, 6) is -0.347. The largest absolute Gasteiger partial charge is 0.373 e. The van der Waals surface area contributed by atoms with E-state index < -0.39 is 0 Å². The Hall–Kier alpha value is -0.830. The molecular formula is C7H11NO2. The molecule has 0 aromatic carbocycles. The molecule has 1 aliphatic heterocycles. The van der Waals surface area contributed by atoms with Crippen LogP contribution in [0.4, 0.5) is 0 Å². The smallest absolute Gasteiger partial charge is 0.244 e. The molecule has 0 spiro atoms. The van der Waals surface area contributed by atoms with E-state index in [1.165, 1.54) is 0 Å². The maximum Gasteiger partial charge on any atom is 0.244 e. The molecule has 2 N–H and O–H groups in total. The molecule has 1 rings (SSSR count). The third kappa shape index (κ3) is 2.19. The van der Waals surface area contributed by atoms with Crippen molar-refractivity contribution in [1.29, 1.82) is 0 Å². The van der Waals surface area contributed by atoms with Gasteiger partial charge in [0.05, 0.1) is 12.7 Å². The quantitative estimate of drug-likeness (QED) is 0.451. The first-order valence-corrected chi connectivity index (χ1v) is 3.28. The van der Waals surface area contributed by atoms with Crippen molar-refractivity contribution in [2.45, 2.75) is 19.4 Å². The van der Waals surface area contributed by atoms with Gasteiger partial charge >= 0.3 is 0 Å². The molecular weight excluding hydrogens is 130 g/mol. The van der Waals surface area contributed by atoms with Crippen LogP contribution in [-0.4, -0.2) is 18.6 Å². The minimum atomic E-state index is -0.347. The summed E-state index contributed by atoms with van der Waals surface area (Å²) in [5, 5.41) is 0. The maximum atomic E-state index is 10.4. The monoisotopic (exact) mass is 141 g/mol. The zero-order valence-electron chi connectivity index (χ0n) is 5.96. The van der Waals surface area contributed by atoms with E-state index in [9.17, 15) is 4.79 Å². The Morgan fingerprint density at radius 3 is 2.90 bits per heavy atom. The summed E-state index contributed by atoms with van der Waals surface area (Å²) in [6, 6.07) is 0. The number of carbonyl (C=O) groups excluding carboxylic acids is 1. The standard InChI is InChI=1S/C7H11NO2/c1-5(7(8)9)2-3-6-4-10-6/h2,6H,3-4H2,1H3,(H2,8,9)/b5-2+. The highest BCUT2D eigenvalue weighted by molar-refractivity contribution is 5.91. The Kier molecular flexibility index (Phi) is 2.06. The molecule has 1 amide bonds. The number of hydrogen-bond acceptors (Lipinski definition) is 2. The first-order valence-electron chi connectivity index (χ1n) is 3.28. The van der Waals surface area contributed by atoms with E-state index in [2.05, 4.69) is 0 Å². The van der Waals surface area contributed by atoms with Gasteiger partial charge in [-0.15, -0.1) is 0 Å². The molecule has 1 atom stereocenters. The second-order valence-electron chi connectivity index (χ2n) is 2.44. The van der Waals surface area contributed by atoms with Gasteiger partial charge in [-0.2, -0.15) is 0 Å². The van der Waals surface area contributed by atoms with Crippen LogP contribution in [0, 0.1) is 0 Å². The van der Waals surface area contributed by atoms with Gasteiger partial charge in [0.15, 0.2) is 0 Å². The van der Waals surface area contributed by atoms with Crippen molar-refractivity contribution < 1.29 is 9.53 Å². The molecule has 10 heavy (non-hydrogen) atoms. The lowest BCUT2D eigenvalue weighted by molar-refractivity contribution is -0.114. The number of amides is 1. The molecule has 3 nitrogen and oxygen atoms in total. The van der Waals surface area contributed by atoms with E-state index >= 15 is 0 Å². The maximum absolute atomic E-state index is 10.4. The van der Waals surface area contributed by atoms with Crippen LogP contribution in [-0.2, 0) is 9.53 Å². The topological polar surface area (TPSA) is 55.6 Å². The van der Waals surface area contributed by atoms with Crippen molar-refractivity contribution in [2.75, 3.05) is 6.61 Å². The van der Waals surface area contributed by atoms with Crippen LogP contribution in [0.15, 0.2) is 11.6 Å². The van der Waals surface area contributed by atoms with Crippen LogP contribution < -0.4 is 5.73 Å². The number of nitrogens with two attached hydrogens (primary N) is 1. The molecule has 0 saturated carbocycles. The second-order valence-corrected chi connectivity index (χ2v) is 2.44. The highest BCUT2D eigenvalue weighted by Crippen LogP contribution is 2.14. The Balaban J connectivity index is 2.29. The van der Waals surface area contributed by atoms with Gasteiger partial charge in [0.2, 0.25) is 5.91 Å². The van der Waals surface area contributed by atoms with Gasteiger partial charge in [-0.25, -0.2) is 0 Å². The number of epoxide rings is 1. The second kappa shape index (κ2) is 2.84. The lowest BCUT2D eigenvalue weighted by Crippen LogP contribution is -2.11. The van der Waals surface area contributed by atoms with E-state index in [-0.39, 0.29) is 5.91 Å². The molecule has 0 radical (unpaired) electrons. The lowest BCUT2D eigenvalue weighted by atomic mass is 10.2. The van der Waals surface area contributed by atoms with Crippen LogP contribution in [0.3, 0.4) is 0 Å². The van der Waals surface area contributed by atoms with E-state index in [1.807, 2.05) is 6.08 Å².